The summed E-state index contributed by atoms with van der Waals surface area (Å²) in [5, 5.41) is 11.6. The number of carbonyl (C=O) groups is 1. The molecule has 0 bridgehead atoms. The lowest BCUT2D eigenvalue weighted by Crippen LogP contribution is -2.32. The minimum absolute atomic E-state index is 0.0151. The van der Waals surface area contributed by atoms with Gasteiger partial charge >= 0.3 is 0 Å². The molecule has 1 heterocycles. The van der Waals surface area contributed by atoms with Crippen LogP contribution in [0.1, 0.15) is 31.4 Å². The number of carbonyl (C=O) groups excluding carboxylic acids is 1. The van der Waals surface area contributed by atoms with Gasteiger partial charge in [0.25, 0.3) is 0 Å². The Morgan fingerprint density at radius 1 is 1.47 bits per heavy atom. The zero-order chi connectivity index (χ0) is 12.1. The van der Waals surface area contributed by atoms with Crippen molar-refractivity contribution in [2.75, 3.05) is 13.2 Å². The topological polar surface area (TPSA) is 62.2 Å². The van der Waals surface area contributed by atoms with Crippen molar-refractivity contribution >= 4 is 5.91 Å². The largest absolute Gasteiger partial charge is 0.396 e. The van der Waals surface area contributed by atoms with Crippen LogP contribution in [0.5, 0.6) is 0 Å². The first-order valence-electron chi connectivity index (χ1n) is 6.06. The quantitative estimate of drug-likeness (QED) is 0.772. The van der Waals surface area contributed by atoms with E-state index in [1.54, 1.807) is 6.20 Å². The van der Waals surface area contributed by atoms with Crippen molar-refractivity contribution in [2.45, 2.75) is 31.1 Å². The standard InChI is InChI=1S/C13H18N2O2/c16-9-3-5-12(17)15-10-13(6-7-13)11-4-1-2-8-14-11/h1-2,4,8,16H,3,5-7,9-10H2,(H,15,17). The fraction of sp³-hybridized carbons (Fsp3) is 0.538. The summed E-state index contributed by atoms with van der Waals surface area (Å²) >= 11 is 0. The summed E-state index contributed by atoms with van der Waals surface area (Å²) in [6, 6.07) is 5.91. The molecular weight excluding hydrogens is 216 g/mol. The van der Waals surface area contributed by atoms with Crippen LogP contribution in [-0.2, 0) is 10.2 Å². The number of pyridine rings is 1. The molecule has 0 aromatic carbocycles. The number of nitrogens with zero attached hydrogens (tertiary/aromatic N) is 1. The summed E-state index contributed by atoms with van der Waals surface area (Å²) in [5.41, 5.74) is 1.14. The predicted molar refractivity (Wildman–Crippen MR) is 64.5 cm³/mol. The van der Waals surface area contributed by atoms with E-state index in [4.69, 9.17) is 5.11 Å². The van der Waals surface area contributed by atoms with Crippen LogP contribution < -0.4 is 5.32 Å². The van der Waals surface area contributed by atoms with Crippen molar-refractivity contribution in [3.05, 3.63) is 30.1 Å². The molecule has 1 aliphatic carbocycles. The molecule has 1 aliphatic rings. The van der Waals surface area contributed by atoms with Gasteiger partial charge in [-0.05, 0) is 31.4 Å². The van der Waals surface area contributed by atoms with E-state index in [9.17, 15) is 4.79 Å². The second-order valence-electron chi connectivity index (χ2n) is 4.60. The molecule has 2 N–H and O–H groups in total. The number of aromatic nitrogens is 1. The maximum Gasteiger partial charge on any atom is 0.220 e. The van der Waals surface area contributed by atoms with Gasteiger partial charge in [-0.2, -0.15) is 0 Å². The van der Waals surface area contributed by atoms with Crippen molar-refractivity contribution < 1.29 is 9.90 Å². The predicted octanol–water partition coefficient (Wildman–Crippen LogP) is 1.00. The summed E-state index contributed by atoms with van der Waals surface area (Å²) in [6.45, 7) is 0.729. The third kappa shape index (κ3) is 3.03. The van der Waals surface area contributed by atoms with Crippen molar-refractivity contribution in [2.24, 2.45) is 0 Å². The van der Waals surface area contributed by atoms with Crippen LogP contribution in [0.25, 0.3) is 0 Å². The highest BCUT2D eigenvalue weighted by molar-refractivity contribution is 5.76. The maximum absolute atomic E-state index is 11.5. The lowest BCUT2D eigenvalue weighted by atomic mass is 10.0. The molecular formula is C13H18N2O2. The van der Waals surface area contributed by atoms with Gasteiger partial charge in [-0.25, -0.2) is 0 Å². The Bertz CT molecular complexity index is 374. The zero-order valence-corrected chi connectivity index (χ0v) is 9.85. The Labute approximate surface area is 101 Å². The molecule has 0 spiro atoms. The molecule has 1 fully saturated rings. The van der Waals surface area contributed by atoms with Crippen LogP contribution >= 0.6 is 0 Å². The third-order valence-corrected chi connectivity index (χ3v) is 3.25. The molecule has 0 unspecified atom stereocenters. The molecule has 0 aliphatic heterocycles. The Morgan fingerprint density at radius 2 is 2.29 bits per heavy atom. The lowest BCUT2D eigenvalue weighted by Gasteiger charge is -2.15. The van der Waals surface area contributed by atoms with Crippen molar-refractivity contribution in [1.82, 2.24) is 10.3 Å². The van der Waals surface area contributed by atoms with E-state index < -0.39 is 0 Å². The maximum atomic E-state index is 11.5. The molecule has 4 heteroatoms. The van der Waals surface area contributed by atoms with Crippen molar-refractivity contribution in [3.63, 3.8) is 0 Å². The Morgan fingerprint density at radius 3 is 2.88 bits per heavy atom. The first-order chi connectivity index (χ1) is 8.27. The highest BCUT2D eigenvalue weighted by Gasteiger charge is 2.45. The number of rotatable bonds is 6. The first-order valence-corrected chi connectivity index (χ1v) is 6.06. The fourth-order valence-electron chi connectivity index (χ4n) is 1.95. The molecule has 0 atom stereocenters. The molecule has 2 rings (SSSR count). The molecule has 17 heavy (non-hydrogen) atoms. The number of nitrogens with one attached hydrogen (secondary N) is 1. The van der Waals surface area contributed by atoms with Gasteiger partial charge in [-0.3, -0.25) is 9.78 Å². The molecule has 0 saturated heterocycles. The van der Waals surface area contributed by atoms with Gasteiger partial charge in [0.15, 0.2) is 0 Å². The van der Waals surface area contributed by atoms with Crippen LogP contribution in [0.4, 0.5) is 0 Å². The summed E-state index contributed by atoms with van der Waals surface area (Å²) in [5.74, 6) is 0.0151. The second-order valence-corrected chi connectivity index (χ2v) is 4.60. The van der Waals surface area contributed by atoms with E-state index in [2.05, 4.69) is 10.3 Å². The average Bonchev–Trinajstić information content (AvgIpc) is 3.16. The minimum Gasteiger partial charge on any atom is -0.396 e. The zero-order valence-electron chi connectivity index (χ0n) is 9.85. The van der Waals surface area contributed by atoms with Gasteiger partial charge in [0.2, 0.25) is 5.91 Å². The van der Waals surface area contributed by atoms with E-state index in [1.165, 1.54) is 0 Å². The first kappa shape index (κ1) is 12.0. The van der Waals surface area contributed by atoms with Gasteiger partial charge in [0.1, 0.15) is 0 Å². The fourth-order valence-corrected chi connectivity index (χ4v) is 1.95. The Balaban J connectivity index is 1.85. The van der Waals surface area contributed by atoms with E-state index in [-0.39, 0.29) is 17.9 Å². The highest BCUT2D eigenvalue weighted by Crippen LogP contribution is 2.46. The summed E-state index contributed by atoms with van der Waals surface area (Å²) in [4.78, 5) is 15.8. The van der Waals surface area contributed by atoms with E-state index >= 15 is 0 Å². The Hall–Kier alpha value is -1.42. The normalized spacial score (nSPS) is 16.5. The van der Waals surface area contributed by atoms with Crippen LogP contribution in [0.2, 0.25) is 0 Å². The number of hydrogen-bond acceptors (Lipinski definition) is 3. The van der Waals surface area contributed by atoms with Gasteiger partial charge in [0, 0.05) is 36.9 Å². The molecule has 1 amide bonds. The third-order valence-electron chi connectivity index (χ3n) is 3.25. The van der Waals surface area contributed by atoms with E-state index in [0.29, 0.717) is 19.4 Å². The van der Waals surface area contributed by atoms with E-state index in [0.717, 1.165) is 18.5 Å². The molecule has 1 saturated carbocycles. The van der Waals surface area contributed by atoms with Crippen LogP contribution in [0.15, 0.2) is 24.4 Å². The number of aliphatic hydroxyl groups is 1. The van der Waals surface area contributed by atoms with Gasteiger partial charge in [-0.15, -0.1) is 0 Å². The number of aliphatic hydroxyl groups excluding tert-OH is 1. The minimum atomic E-state index is 0.0151. The number of hydrogen-bond donors (Lipinski definition) is 2. The van der Waals surface area contributed by atoms with Crippen molar-refractivity contribution in [1.29, 1.82) is 0 Å². The summed E-state index contributed by atoms with van der Waals surface area (Å²) < 4.78 is 0. The summed E-state index contributed by atoms with van der Waals surface area (Å²) in [6.07, 6.45) is 4.90. The highest BCUT2D eigenvalue weighted by atomic mass is 16.3. The smallest absolute Gasteiger partial charge is 0.220 e. The molecule has 0 radical (unpaired) electrons. The Kier molecular flexibility index (Phi) is 3.74. The monoisotopic (exact) mass is 234 g/mol. The van der Waals surface area contributed by atoms with Gasteiger partial charge in [0.05, 0.1) is 0 Å². The lowest BCUT2D eigenvalue weighted by molar-refractivity contribution is -0.121. The average molecular weight is 234 g/mol. The number of amides is 1. The summed E-state index contributed by atoms with van der Waals surface area (Å²) in [7, 11) is 0. The second kappa shape index (κ2) is 5.27. The van der Waals surface area contributed by atoms with Crippen LogP contribution in [-0.4, -0.2) is 29.1 Å². The SMILES string of the molecule is O=C(CCCO)NCC1(c2ccccn2)CC1. The van der Waals surface area contributed by atoms with Gasteiger partial charge < -0.3 is 10.4 Å². The van der Waals surface area contributed by atoms with Crippen LogP contribution in [0.3, 0.4) is 0 Å². The van der Waals surface area contributed by atoms with Crippen molar-refractivity contribution in [3.8, 4) is 0 Å². The van der Waals surface area contributed by atoms with Gasteiger partial charge in [-0.1, -0.05) is 6.07 Å². The molecule has 1 aromatic rings. The molecule has 92 valence electrons. The van der Waals surface area contributed by atoms with E-state index in [1.807, 2.05) is 18.2 Å². The van der Waals surface area contributed by atoms with Crippen LogP contribution in [0, 0.1) is 0 Å². The molecule has 1 aromatic heterocycles. The molecule has 4 nitrogen and oxygen atoms in total.